The maximum Gasteiger partial charge on any atom is 0.0593 e. The molecule has 3 nitrogen and oxygen atoms in total. The maximum absolute atomic E-state index is 4.46. The molecule has 1 aromatic heterocycles. The van der Waals surface area contributed by atoms with E-state index < -0.39 is 0 Å². The Kier molecular flexibility index (Phi) is 2.36. The van der Waals surface area contributed by atoms with Crippen molar-refractivity contribution < 1.29 is 0 Å². The summed E-state index contributed by atoms with van der Waals surface area (Å²) in [5.41, 5.74) is 1.12. The maximum atomic E-state index is 4.46. The van der Waals surface area contributed by atoms with Crippen molar-refractivity contribution in [3.63, 3.8) is 0 Å². The van der Waals surface area contributed by atoms with Crippen LogP contribution in [0.4, 0.5) is 0 Å². The first-order chi connectivity index (χ1) is 6.25. The number of hydrogen-bond donors (Lipinski definition) is 0. The molecule has 0 aromatic carbocycles. The Hall–Kier alpha value is -0.830. The van der Waals surface area contributed by atoms with E-state index in [0.29, 0.717) is 6.04 Å². The summed E-state index contributed by atoms with van der Waals surface area (Å²) in [6.45, 7) is 4.44. The van der Waals surface area contributed by atoms with Crippen LogP contribution in [0.2, 0.25) is 0 Å². The van der Waals surface area contributed by atoms with Crippen LogP contribution in [-0.2, 0) is 0 Å². The highest BCUT2D eigenvalue weighted by molar-refractivity contribution is 4.96. The molecule has 0 bridgehead atoms. The average molecular weight is 179 g/mol. The van der Waals surface area contributed by atoms with Crippen LogP contribution in [0.15, 0.2) is 12.3 Å². The highest BCUT2D eigenvalue weighted by atomic mass is 15.3. The van der Waals surface area contributed by atoms with Crippen LogP contribution >= 0.6 is 0 Å². The van der Waals surface area contributed by atoms with Crippen LogP contribution < -0.4 is 0 Å². The quantitative estimate of drug-likeness (QED) is 0.650. The van der Waals surface area contributed by atoms with Crippen molar-refractivity contribution in [1.82, 2.24) is 14.7 Å². The van der Waals surface area contributed by atoms with Gasteiger partial charge in [-0.3, -0.25) is 4.68 Å². The highest BCUT2D eigenvalue weighted by Crippen LogP contribution is 2.20. The van der Waals surface area contributed by atoms with Gasteiger partial charge in [0, 0.05) is 6.20 Å². The fourth-order valence-corrected chi connectivity index (χ4v) is 1.90. The van der Waals surface area contributed by atoms with E-state index in [-0.39, 0.29) is 0 Å². The third kappa shape index (κ3) is 1.91. The van der Waals surface area contributed by atoms with Crippen molar-refractivity contribution in [3.05, 3.63) is 18.0 Å². The summed E-state index contributed by atoms with van der Waals surface area (Å²) in [6.07, 6.45) is 4.57. The van der Waals surface area contributed by atoms with Crippen molar-refractivity contribution in [1.29, 1.82) is 0 Å². The SMILES string of the molecule is Cc1ccn(C2CCN(C)CC2)n1. The first-order valence-electron chi connectivity index (χ1n) is 4.96. The Morgan fingerprint density at radius 3 is 2.62 bits per heavy atom. The fraction of sp³-hybridized carbons (Fsp3) is 0.700. The van der Waals surface area contributed by atoms with E-state index in [1.54, 1.807) is 0 Å². The number of piperidine rings is 1. The minimum absolute atomic E-state index is 0.630. The Morgan fingerprint density at radius 2 is 2.08 bits per heavy atom. The number of hydrogen-bond acceptors (Lipinski definition) is 2. The number of aromatic nitrogens is 2. The van der Waals surface area contributed by atoms with E-state index in [2.05, 4.69) is 34.0 Å². The molecule has 2 heterocycles. The van der Waals surface area contributed by atoms with E-state index in [9.17, 15) is 0 Å². The van der Waals surface area contributed by atoms with Gasteiger partial charge in [-0.1, -0.05) is 0 Å². The molecule has 1 aliphatic heterocycles. The van der Waals surface area contributed by atoms with E-state index >= 15 is 0 Å². The molecular formula is C10H17N3. The van der Waals surface area contributed by atoms with Crippen LogP contribution in [0.3, 0.4) is 0 Å². The van der Waals surface area contributed by atoms with Gasteiger partial charge in [0.05, 0.1) is 11.7 Å². The van der Waals surface area contributed by atoms with Gasteiger partial charge in [0.25, 0.3) is 0 Å². The molecular weight excluding hydrogens is 162 g/mol. The molecule has 1 fully saturated rings. The Morgan fingerprint density at radius 1 is 1.38 bits per heavy atom. The van der Waals surface area contributed by atoms with Gasteiger partial charge in [-0.05, 0) is 46.0 Å². The number of rotatable bonds is 1. The second-order valence-electron chi connectivity index (χ2n) is 3.97. The third-order valence-corrected chi connectivity index (χ3v) is 2.80. The van der Waals surface area contributed by atoms with E-state index in [0.717, 1.165) is 5.69 Å². The second-order valence-corrected chi connectivity index (χ2v) is 3.97. The van der Waals surface area contributed by atoms with Gasteiger partial charge in [-0.15, -0.1) is 0 Å². The molecule has 1 saturated heterocycles. The highest BCUT2D eigenvalue weighted by Gasteiger charge is 2.18. The smallest absolute Gasteiger partial charge is 0.0593 e. The molecule has 13 heavy (non-hydrogen) atoms. The Balaban J connectivity index is 2.02. The summed E-state index contributed by atoms with van der Waals surface area (Å²) in [7, 11) is 2.19. The van der Waals surface area contributed by atoms with Crippen LogP contribution in [0.1, 0.15) is 24.6 Å². The summed E-state index contributed by atoms with van der Waals surface area (Å²) in [5, 5.41) is 4.46. The van der Waals surface area contributed by atoms with Crippen molar-refractivity contribution >= 4 is 0 Å². The number of aryl methyl sites for hydroxylation is 1. The van der Waals surface area contributed by atoms with Crippen molar-refractivity contribution in [3.8, 4) is 0 Å². The van der Waals surface area contributed by atoms with Crippen molar-refractivity contribution in [2.45, 2.75) is 25.8 Å². The van der Waals surface area contributed by atoms with E-state index in [1.165, 1.54) is 25.9 Å². The van der Waals surface area contributed by atoms with Crippen LogP contribution in [0.5, 0.6) is 0 Å². The number of nitrogens with zero attached hydrogens (tertiary/aromatic N) is 3. The van der Waals surface area contributed by atoms with E-state index in [4.69, 9.17) is 0 Å². The molecule has 72 valence electrons. The monoisotopic (exact) mass is 179 g/mol. The second kappa shape index (κ2) is 3.50. The minimum Gasteiger partial charge on any atom is -0.306 e. The van der Waals surface area contributed by atoms with Crippen LogP contribution in [-0.4, -0.2) is 34.8 Å². The predicted molar refractivity (Wildman–Crippen MR) is 52.7 cm³/mol. The Bertz CT molecular complexity index is 271. The van der Waals surface area contributed by atoms with Gasteiger partial charge in [-0.25, -0.2) is 0 Å². The van der Waals surface area contributed by atoms with Gasteiger partial charge in [0.1, 0.15) is 0 Å². The predicted octanol–water partition coefficient (Wildman–Crippen LogP) is 1.46. The lowest BCUT2D eigenvalue weighted by Gasteiger charge is -2.28. The molecule has 0 spiro atoms. The lowest BCUT2D eigenvalue weighted by Crippen LogP contribution is -2.31. The molecule has 0 atom stereocenters. The first kappa shape index (κ1) is 8.75. The van der Waals surface area contributed by atoms with Gasteiger partial charge in [0.2, 0.25) is 0 Å². The van der Waals surface area contributed by atoms with Crippen molar-refractivity contribution in [2.24, 2.45) is 0 Å². The molecule has 0 unspecified atom stereocenters. The molecule has 0 radical (unpaired) electrons. The van der Waals surface area contributed by atoms with Crippen LogP contribution in [0.25, 0.3) is 0 Å². The average Bonchev–Trinajstić information content (AvgIpc) is 2.53. The van der Waals surface area contributed by atoms with Gasteiger partial charge in [-0.2, -0.15) is 5.10 Å². The lowest BCUT2D eigenvalue weighted by atomic mass is 10.1. The summed E-state index contributed by atoms with van der Waals surface area (Å²) < 4.78 is 2.13. The zero-order chi connectivity index (χ0) is 9.26. The molecule has 3 heteroatoms. The number of likely N-dealkylation sites (tertiary alicyclic amines) is 1. The molecule has 0 saturated carbocycles. The summed E-state index contributed by atoms with van der Waals surface area (Å²) in [5.74, 6) is 0. The fourth-order valence-electron chi connectivity index (χ4n) is 1.90. The normalized spacial score (nSPS) is 20.8. The van der Waals surface area contributed by atoms with Gasteiger partial charge in [0.15, 0.2) is 0 Å². The first-order valence-corrected chi connectivity index (χ1v) is 4.96. The van der Waals surface area contributed by atoms with Gasteiger partial charge >= 0.3 is 0 Å². The molecule has 1 aromatic rings. The zero-order valence-electron chi connectivity index (χ0n) is 8.40. The third-order valence-electron chi connectivity index (χ3n) is 2.80. The zero-order valence-corrected chi connectivity index (χ0v) is 8.40. The molecule has 0 aliphatic carbocycles. The lowest BCUT2D eigenvalue weighted by molar-refractivity contribution is 0.212. The van der Waals surface area contributed by atoms with Crippen molar-refractivity contribution in [2.75, 3.05) is 20.1 Å². The summed E-state index contributed by atoms with van der Waals surface area (Å²) in [4.78, 5) is 2.38. The topological polar surface area (TPSA) is 21.1 Å². The molecule has 0 N–H and O–H groups in total. The molecule has 2 rings (SSSR count). The largest absolute Gasteiger partial charge is 0.306 e. The Labute approximate surface area is 79.3 Å². The molecule has 0 amide bonds. The standard InChI is InChI=1S/C10H17N3/c1-9-3-8-13(11-9)10-4-6-12(2)7-5-10/h3,8,10H,4-7H2,1-2H3. The van der Waals surface area contributed by atoms with E-state index in [1.807, 2.05) is 6.92 Å². The van der Waals surface area contributed by atoms with Gasteiger partial charge < -0.3 is 4.90 Å². The minimum atomic E-state index is 0.630. The molecule has 1 aliphatic rings. The summed E-state index contributed by atoms with van der Waals surface area (Å²) >= 11 is 0. The van der Waals surface area contributed by atoms with Crippen LogP contribution in [0, 0.1) is 6.92 Å². The summed E-state index contributed by atoms with van der Waals surface area (Å²) in [6, 6.07) is 2.71.